The minimum Gasteiger partial charge on any atom is -0.395 e. The molecule has 0 fully saturated rings. The van der Waals surface area contributed by atoms with E-state index in [0.29, 0.717) is 13.0 Å². The van der Waals surface area contributed by atoms with E-state index in [9.17, 15) is 4.79 Å². The Bertz CT molecular complexity index is 585. The number of aryl methyl sites for hydroxylation is 1. The summed E-state index contributed by atoms with van der Waals surface area (Å²) in [4.78, 5) is 13.3. The van der Waals surface area contributed by atoms with Gasteiger partial charge in [0.1, 0.15) is 0 Å². The smallest absolute Gasteiger partial charge is 0.222 e. The molecular formula is C15H21N5O2. The van der Waals surface area contributed by atoms with Crippen molar-refractivity contribution in [1.29, 1.82) is 0 Å². The molecule has 0 aliphatic rings. The number of carbonyl (C=O) groups excluding carboxylic acids is 1. The number of hydrogen-bond acceptors (Lipinski definition) is 5. The largest absolute Gasteiger partial charge is 0.395 e. The van der Waals surface area contributed by atoms with Crippen LogP contribution < -0.4 is 0 Å². The van der Waals surface area contributed by atoms with Crippen LogP contribution in [0.4, 0.5) is 0 Å². The molecule has 7 heteroatoms. The lowest BCUT2D eigenvalue weighted by Crippen LogP contribution is -2.29. The highest BCUT2D eigenvalue weighted by molar-refractivity contribution is 5.75. The summed E-state index contributed by atoms with van der Waals surface area (Å²) in [6.45, 7) is 0.374. The van der Waals surface area contributed by atoms with Gasteiger partial charge in [0, 0.05) is 26.4 Å². The molecule has 0 atom stereocenters. The SMILES string of the molecule is CN(CCO)C(=O)CCCCc1nnnn1-c1ccccc1. The van der Waals surface area contributed by atoms with Crippen LogP contribution in [0.5, 0.6) is 0 Å². The number of unbranched alkanes of at least 4 members (excludes halogenated alkanes) is 1. The normalized spacial score (nSPS) is 10.6. The fraction of sp³-hybridized carbons (Fsp3) is 0.467. The van der Waals surface area contributed by atoms with Crippen LogP contribution in [-0.4, -0.2) is 56.3 Å². The van der Waals surface area contributed by atoms with Gasteiger partial charge in [0.15, 0.2) is 5.82 Å². The Morgan fingerprint density at radius 1 is 1.27 bits per heavy atom. The summed E-state index contributed by atoms with van der Waals surface area (Å²) in [5, 5.41) is 20.6. The zero-order valence-corrected chi connectivity index (χ0v) is 12.7. The van der Waals surface area contributed by atoms with Crippen LogP contribution >= 0.6 is 0 Å². The van der Waals surface area contributed by atoms with Gasteiger partial charge in [-0.1, -0.05) is 18.2 Å². The van der Waals surface area contributed by atoms with Crippen molar-refractivity contribution in [2.45, 2.75) is 25.7 Å². The van der Waals surface area contributed by atoms with Crippen LogP contribution in [0, 0.1) is 0 Å². The Kier molecular flexibility index (Phi) is 6.02. The molecule has 1 N–H and O–H groups in total. The molecule has 1 aromatic heterocycles. The topological polar surface area (TPSA) is 84.1 Å². The summed E-state index contributed by atoms with van der Waals surface area (Å²) in [5.74, 6) is 0.846. The van der Waals surface area contributed by atoms with Crippen LogP contribution in [0.15, 0.2) is 30.3 Å². The predicted octanol–water partition coefficient (Wildman–Crippen LogP) is 0.826. The molecule has 0 unspecified atom stereocenters. The third-order valence-corrected chi connectivity index (χ3v) is 3.44. The third kappa shape index (κ3) is 4.36. The number of likely N-dealkylation sites (N-methyl/N-ethyl adjacent to an activating group) is 1. The van der Waals surface area contributed by atoms with Gasteiger partial charge in [-0.05, 0) is 35.4 Å². The van der Waals surface area contributed by atoms with Gasteiger partial charge < -0.3 is 10.0 Å². The molecule has 1 aromatic carbocycles. The van der Waals surface area contributed by atoms with E-state index in [0.717, 1.165) is 30.8 Å². The first-order chi connectivity index (χ1) is 10.7. The number of hydrogen-bond donors (Lipinski definition) is 1. The van der Waals surface area contributed by atoms with Crippen LogP contribution in [0.2, 0.25) is 0 Å². The molecule has 0 saturated carbocycles. The molecule has 1 heterocycles. The number of amides is 1. The van der Waals surface area contributed by atoms with E-state index in [1.807, 2.05) is 30.3 Å². The summed E-state index contributed by atoms with van der Waals surface area (Å²) < 4.78 is 1.72. The van der Waals surface area contributed by atoms with Gasteiger partial charge in [-0.3, -0.25) is 4.79 Å². The van der Waals surface area contributed by atoms with Gasteiger partial charge in [0.05, 0.1) is 12.3 Å². The first-order valence-corrected chi connectivity index (χ1v) is 7.40. The van der Waals surface area contributed by atoms with Crippen molar-refractivity contribution in [3.63, 3.8) is 0 Å². The fourth-order valence-corrected chi connectivity index (χ4v) is 2.16. The molecule has 22 heavy (non-hydrogen) atoms. The van der Waals surface area contributed by atoms with Gasteiger partial charge in [0.25, 0.3) is 0 Å². The van der Waals surface area contributed by atoms with Crippen molar-refractivity contribution in [2.24, 2.45) is 0 Å². The molecule has 1 amide bonds. The highest BCUT2D eigenvalue weighted by Crippen LogP contribution is 2.10. The van der Waals surface area contributed by atoms with E-state index in [2.05, 4.69) is 15.5 Å². The number of carbonyl (C=O) groups is 1. The maximum Gasteiger partial charge on any atom is 0.222 e. The van der Waals surface area contributed by atoms with Crippen LogP contribution in [-0.2, 0) is 11.2 Å². The predicted molar refractivity (Wildman–Crippen MR) is 81.4 cm³/mol. The van der Waals surface area contributed by atoms with Crippen molar-refractivity contribution >= 4 is 5.91 Å². The maximum absolute atomic E-state index is 11.8. The first-order valence-electron chi connectivity index (χ1n) is 7.40. The molecule has 2 rings (SSSR count). The lowest BCUT2D eigenvalue weighted by molar-refractivity contribution is -0.130. The molecule has 0 bridgehead atoms. The van der Waals surface area contributed by atoms with Gasteiger partial charge in [-0.2, -0.15) is 4.68 Å². The Labute approximate surface area is 129 Å². The minimum absolute atomic E-state index is 0.00586. The number of nitrogens with zero attached hydrogens (tertiary/aromatic N) is 5. The third-order valence-electron chi connectivity index (χ3n) is 3.44. The van der Waals surface area contributed by atoms with E-state index in [4.69, 9.17) is 5.11 Å². The van der Waals surface area contributed by atoms with Gasteiger partial charge in [-0.25, -0.2) is 0 Å². The standard InChI is InChI=1S/C15H21N5O2/c1-19(11-12-21)15(22)10-6-5-9-14-16-17-18-20(14)13-7-3-2-4-8-13/h2-4,7-8,21H,5-6,9-12H2,1H3. The number of aromatic nitrogens is 4. The first kappa shape index (κ1) is 16.1. The average molecular weight is 303 g/mol. The quantitative estimate of drug-likeness (QED) is 0.730. The Morgan fingerprint density at radius 2 is 2.05 bits per heavy atom. The molecule has 0 saturated heterocycles. The Hall–Kier alpha value is -2.28. The molecule has 0 spiro atoms. The maximum atomic E-state index is 11.8. The van der Waals surface area contributed by atoms with Crippen molar-refractivity contribution in [3.8, 4) is 5.69 Å². The highest BCUT2D eigenvalue weighted by Gasteiger charge is 2.10. The van der Waals surface area contributed by atoms with Crippen LogP contribution in [0.25, 0.3) is 5.69 Å². The average Bonchev–Trinajstić information content (AvgIpc) is 3.01. The van der Waals surface area contributed by atoms with Crippen molar-refractivity contribution in [3.05, 3.63) is 36.2 Å². The number of benzene rings is 1. The number of aliphatic hydroxyl groups excluding tert-OH is 1. The van der Waals surface area contributed by atoms with E-state index in [1.165, 1.54) is 0 Å². The number of para-hydroxylation sites is 1. The molecule has 0 aliphatic carbocycles. The molecule has 2 aromatic rings. The van der Waals surface area contributed by atoms with Crippen molar-refractivity contribution in [1.82, 2.24) is 25.1 Å². The summed E-state index contributed by atoms with van der Waals surface area (Å²) in [6, 6.07) is 9.73. The second-order valence-electron chi connectivity index (χ2n) is 5.09. The van der Waals surface area contributed by atoms with Gasteiger partial charge >= 0.3 is 0 Å². The summed E-state index contributed by atoms with van der Waals surface area (Å²) in [7, 11) is 1.70. The molecule has 7 nitrogen and oxygen atoms in total. The van der Waals surface area contributed by atoms with Crippen molar-refractivity contribution < 1.29 is 9.90 Å². The second-order valence-corrected chi connectivity index (χ2v) is 5.09. The van der Waals surface area contributed by atoms with E-state index in [-0.39, 0.29) is 12.5 Å². The van der Waals surface area contributed by atoms with E-state index >= 15 is 0 Å². The Morgan fingerprint density at radius 3 is 2.77 bits per heavy atom. The zero-order valence-electron chi connectivity index (χ0n) is 12.7. The molecule has 0 radical (unpaired) electrons. The summed E-state index contributed by atoms with van der Waals surface area (Å²) in [5.41, 5.74) is 0.932. The number of rotatable bonds is 8. The zero-order chi connectivity index (χ0) is 15.8. The molecule has 118 valence electrons. The van der Waals surface area contributed by atoms with E-state index in [1.54, 1.807) is 16.6 Å². The fourth-order valence-electron chi connectivity index (χ4n) is 2.16. The highest BCUT2D eigenvalue weighted by atomic mass is 16.3. The number of aliphatic hydroxyl groups is 1. The number of tetrazole rings is 1. The van der Waals surface area contributed by atoms with Gasteiger partial charge in [-0.15, -0.1) is 5.10 Å². The molecule has 0 aliphatic heterocycles. The molecular weight excluding hydrogens is 282 g/mol. The lowest BCUT2D eigenvalue weighted by Gasteiger charge is -2.15. The monoisotopic (exact) mass is 303 g/mol. The van der Waals surface area contributed by atoms with E-state index < -0.39 is 0 Å². The Balaban J connectivity index is 1.81. The lowest BCUT2D eigenvalue weighted by atomic mass is 10.1. The minimum atomic E-state index is -0.00586. The van der Waals surface area contributed by atoms with Crippen LogP contribution in [0.3, 0.4) is 0 Å². The second kappa shape index (κ2) is 8.23. The summed E-state index contributed by atoms with van der Waals surface area (Å²) >= 11 is 0. The van der Waals surface area contributed by atoms with Crippen LogP contribution in [0.1, 0.15) is 25.1 Å². The summed E-state index contributed by atoms with van der Waals surface area (Å²) in [6.07, 6.45) is 2.81. The van der Waals surface area contributed by atoms with Crippen molar-refractivity contribution in [2.75, 3.05) is 20.2 Å². The van der Waals surface area contributed by atoms with Gasteiger partial charge in [0.2, 0.25) is 5.91 Å².